The van der Waals surface area contributed by atoms with Crippen LogP contribution in [0.3, 0.4) is 0 Å². The fourth-order valence-corrected chi connectivity index (χ4v) is 2.23. The molecule has 5 nitrogen and oxygen atoms in total. The van der Waals surface area contributed by atoms with Gasteiger partial charge in [0.1, 0.15) is 6.04 Å². The van der Waals surface area contributed by atoms with Crippen LogP contribution in [0.4, 0.5) is 0 Å². The van der Waals surface area contributed by atoms with E-state index in [9.17, 15) is 9.59 Å². The average Bonchev–Trinajstić information content (AvgIpc) is 2.52. The van der Waals surface area contributed by atoms with Crippen LogP contribution < -0.4 is 11.1 Å². The molecule has 0 aromatic rings. The molecule has 2 saturated heterocycles. The van der Waals surface area contributed by atoms with E-state index in [0.29, 0.717) is 18.9 Å². The van der Waals surface area contributed by atoms with Crippen LogP contribution in [-0.4, -0.2) is 42.4 Å². The molecule has 2 atom stereocenters. The van der Waals surface area contributed by atoms with Crippen LogP contribution >= 0.6 is 0 Å². The minimum atomic E-state index is -0.376. The van der Waals surface area contributed by atoms with Crippen LogP contribution in [0.2, 0.25) is 0 Å². The largest absolute Gasteiger partial charge is 0.368 e. The smallest absolute Gasteiger partial charge is 0.240 e. The molecule has 0 spiro atoms. The number of nitrogens with two attached hydrogens (primary N) is 1. The molecule has 0 saturated carbocycles. The maximum absolute atomic E-state index is 11.8. The molecular formula is C10H17N3O2. The molecule has 2 heterocycles. The Morgan fingerprint density at radius 1 is 1.40 bits per heavy atom. The first kappa shape index (κ1) is 10.4. The second kappa shape index (κ2) is 4.18. The standard InChI is InChI=1S/C10H17N3O2/c11-10(15)8-2-4-13(8)9(14)5-7-1-3-12-6-7/h7-8,12H,1-6H2,(H2,11,15)/t7-,8?/m0/s1. The Kier molecular flexibility index (Phi) is 2.90. The van der Waals surface area contributed by atoms with Crippen LogP contribution in [0.1, 0.15) is 19.3 Å². The highest BCUT2D eigenvalue weighted by Gasteiger charge is 2.36. The summed E-state index contributed by atoms with van der Waals surface area (Å²) in [5, 5.41) is 3.22. The first-order valence-corrected chi connectivity index (χ1v) is 5.48. The first-order valence-electron chi connectivity index (χ1n) is 5.48. The van der Waals surface area contributed by atoms with Gasteiger partial charge in [-0.05, 0) is 31.8 Å². The van der Waals surface area contributed by atoms with Crippen molar-refractivity contribution in [2.24, 2.45) is 11.7 Å². The molecule has 3 N–H and O–H groups in total. The van der Waals surface area contributed by atoms with Gasteiger partial charge in [-0.15, -0.1) is 0 Å². The second-order valence-corrected chi connectivity index (χ2v) is 4.36. The summed E-state index contributed by atoms with van der Waals surface area (Å²) in [6, 6.07) is -0.341. The van der Waals surface area contributed by atoms with E-state index in [1.54, 1.807) is 4.90 Å². The van der Waals surface area contributed by atoms with Crippen molar-refractivity contribution in [3.05, 3.63) is 0 Å². The molecule has 2 aliphatic heterocycles. The Morgan fingerprint density at radius 2 is 2.20 bits per heavy atom. The van der Waals surface area contributed by atoms with E-state index in [0.717, 1.165) is 25.9 Å². The molecular weight excluding hydrogens is 194 g/mol. The molecule has 2 rings (SSSR count). The van der Waals surface area contributed by atoms with Gasteiger partial charge in [-0.2, -0.15) is 0 Å². The van der Waals surface area contributed by atoms with E-state index in [-0.39, 0.29) is 17.9 Å². The molecule has 0 aromatic carbocycles. The normalized spacial score (nSPS) is 30.0. The molecule has 84 valence electrons. The van der Waals surface area contributed by atoms with Gasteiger partial charge in [0.25, 0.3) is 0 Å². The first-order chi connectivity index (χ1) is 7.18. The number of nitrogens with one attached hydrogen (secondary N) is 1. The topological polar surface area (TPSA) is 75.4 Å². The highest BCUT2D eigenvalue weighted by atomic mass is 16.2. The Morgan fingerprint density at radius 3 is 2.67 bits per heavy atom. The van der Waals surface area contributed by atoms with Gasteiger partial charge in [-0.1, -0.05) is 0 Å². The number of primary amides is 1. The van der Waals surface area contributed by atoms with Gasteiger partial charge in [-0.3, -0.25) is 9.59 Å². The second-order valence-electron chi connectivity index (χ2n) is 4.36. The Hall–Kier alpha value is -1.10. The minimum absolute atomic E-state index is 0.0822. The third kappa shape index (κ3) is 2.12. The molecule has 0 bridgehead atoms. The van der Waals surface area contributed by atoms with Gasteiger partial charge < -0.3 is 16.0 Å². The Balaban J connectivity index is 1.82. The molecule has 5 heteroatoms. The lowest BCUT2D eigenvalue weighted by Crippen LogP contribution is -2.57. The van der Waals surface area contributed by atoms with Gasteiger partial charge in [0.05, 0.1) is 0 Å². The molecule has 2 fully saturated rings. The quantitative estimate of drug-likeness (QED) is 0.633. The van der Waals surface area contributed by atoms with Crippen LogP contribution in [0.15, 0.2) is 0 Å². The van der Waals surface area contributed by atoms with Crippen molar-refractivity contribution in [2.75, 3.05) is 19.6 Å². The lowest BCUT2D eigenvalue weighted by Gasteiger charge is -2.39. The van der Waals surface area contributed by atoms with Gasteiger partial charge in [-0.25, -0.2) is 0 Å². The lowest BCUT2D eigenvalue weighted by atomic mass is 9.98. The van der Waals surface area contributed by atoms with E-state index < -0.39 is 0 Å². The fraction of sp³-hybridized carbons (Fsp3) is 0.800. The van der Waals surface area contributed by atoms with Gasteiger partial charge in [0.15, 0.2) is 0 Å². The SMILES string of the molecule is NC(=O)C1CCN1C(=O)C[C@@H]1CCNC1. The third-order valence-corrected chi connectivity index (χ3v) is 3.29. The number of carbonyl (C=O) groups excluding carboxylic acids is 2. The van der Waals surface area contributed by atoms with E-state index >= 15 is 0 Å². The third-order valence-electron chi connectivity index (χ3n) is 3.29. The highest BCUT2D eigenvalue weighted by Crippen LogP contribution is 2.21. The van der Waals surface area contributed by atoms with Crippen LogP contribution in [0.25, 0.3) is 0 Å². The van der Waals surface area contributed by atoms with Crippen molar-refractivity contribution in [2.45, 2.75) is 25.3 Å². The number of rotatable bonds is 3. The zero-order chi connectivity index (χ0) is 10.8. The van der Waals surface area contributed by atoms with Crippen molar-refractivity contribution in [1.82, 2.24) is 10.2 Å². The van der Waals surface area contributed by atoms with E-state index in [1.165, 1.54) is 0 Å². The zero-order valence-electron chi connectivity index (χ0n) is 8.74. The lowest BCUT2D eigenvalue weighted by molar-refractivity contribution is -0.146. The molecule has 15 heavy (non-hydrogen) atoms. The number of carbonyl (C=O) groups is 2. The predicted octanol–water partition coefficient (Wildman–Crippen LogP) is -0.928. The monoisotopic (exact) mass is 211 g/mol. The van der Waals surface area contributed by atoms with Crippen molar-refractivity contribution < 1.29 is 9.59 Å². The summed E-state index contributed by atoms with van der Waals surface area (Å²) >= 11 is 0. The number of hydrogen-bond donors (Lipinski definition) is 2. The molecule has 2 aliphatic rings. The summed E-state index contributed by atoms with van der Waals surface area (Å²) in [5.74, 6) is 0.143. The molecule has 1 unspecified atom stereocenters. The summed E-state index contributed by atoms with van der Waals surface area (Å²) in [7, 11) is 0. The number of likely N-dealkylation sites (tertiary alicyclic amines) is 1. The van der Waals surface area contributed by atoms with E-state index in [4.69, 9.17) is 5.73 Å². The van der Waals surface area contributed by atoms with E-state index in [2.05, 4.69) is 5.32 Å². The summed E-state index contributed by atoms with van der Waals surface area (Å²) in [5.41, 5.74) is 5.19. The zero-order valence-corrected chi connectivity index (χ0v) is 8.74. The Labute approximate surface area is 89.0 Å². The van der Waals surface area contributed by atoms with Crippen molar-refractivity contribution in [3.63, 3.8) is 0 Å². The minimum Gasteiger partial charge on any atom is -0.368 e. The summed E-state index contributed by atoms with van der Waals surface area (Å²) in [6.07, 6.45) is 2.33. The molecule has 2 amide bonds. The molecule has 0 aliphatic carbocycles. The van der Waals surface area contributed by atoms with Crippen LogP contribution in [0.5, 0.6) is 0 Å². The molecule has 0 aromatic heterocycles. The maximum Gasteiger partial charge on any atom is 0.240 e. The van der Waals surface area contributed by atoms with Crippen molar-refractivity contribution in [1.29, 1.82) is 0 Å². The fourth-order valence-electron chi connectivity index (χ4n) is 2.23. The number of nitrogens with zero attached hydrogens (tertiary/aromatic N) is 1. The summed E-state index contributed by atoms with van der Waals surface area (Å²) < 4.78 is 0. The summed E-state index contributed by atoms with van der Waals surface area (Å²) in [6.45, 7) is 2.60. The average molecular weight is 211 g/mol. The predicted molar refractivity (Wildman–Crippen MR) is 54.9 cm³/mol. The van der Waals surface area contributed by atoms with Gasteiger partial charge in [0, 0.05) is 13.0 Å². The van der Waals surface area contributed by atoms with Crippen LogP contribution in [0, 0.1) is 5.92 Å². The number of amides is 2. The maximum atomic E-state index is 11.8. The van der Waals surface area contributed by atoms with Gasteiger partial charge in [0.2, 0.25) is 11.8 Å². The highest BCUT2D eigenvalue weighted by molar-refractivity contribution is 5.88. The Bertz CT molecular complexity index is 274. The molecule has 0 radical (unpaired) electrons. The van der Waals surface area contributed by atoms with Crippen LogP contribution in [-0.2, 0) is 9.59 Å². The number of hydrogen-bond acceptors (Lipinski definition) is 3. The summed E-state index contributed by atoms with van der Waals surface area (Å²) in [4.78, 5) is 24.3. The van der Waals surface area contributed by atoms with Crippen molar-refractivity contribution >= 4 is 11.8 Å². The van der Waals surface area contributed by atoms with E-state index in [1.807, 2.05) is 0 Å². The van der Waals surface area contributed by atoms with Crippen molar-refractivity contribution in [3.8, 4) is 0 Å². The van der Waals surface area contributed by atoms with Gasteiger partial charge >= 0.3 is 0 Å².